The molecule has 0 aliphatic heterocycles. The highest BCUT2D eigenvalue weighted by molar-refractivity contribution is 5.58. The first-order valence-corrected chi connectivity index (χ1v) is 16.8. The first kappa shape index (κ1) is 32.5. The second kappa shape index (κ2) is 13.6. The van der Waals surface area contributed by atoms with Crippen LogP contribution in [-0.4, -0.2) is 22.4 Å². The molecule has 1 aliphatic rings. The molecule has 0 fully saturated rings. The summed E-state index contributed by atoms with van der Waals surface area (Å²) in [5, 5.41) is 35.3. The Morgan fingerprint density at radius 2 is 0.800 bits per heavy atom. The molecule has 4 aromatic carbocycles. The summed E-state index contributed by atoms with van der Waals surface area (Å²) < 4.78 is 6.13. The largest absolute Gasteiger partial charge is 0.507 e. The summed E-state index contributed by atoms with van der Waals surface area (Å²) in [7, 11) is 1.72. The maximum absolute atomic E-state index is 11.8. The average molecular weight is 607 g/mol. The zero-order valence-corrected chi connectivity index (χ0v) is 28.2. The number of hydrogen-bond donors (Lipinski definition) is 3. The first-order chi connectivity index (χ1) is 21.6. The van der Waals surface area contributed by atoms with Gasteiger partial charge in [0.2, 0.25) is 0 Å². The van der Waals surface area contributed by atoms with E-state index in [0.29, 0.717) is 37.5 Å². The van der Waals surface area contributed by atoms with E-state index in [-0.39, 0.29) is 17.2 Å². The Hall–Kier alpha value is -3.92. The van der Waals surface area contributed by atoms with Gasteiger partial charge in [-0.3, -0.25) is 0 Å². The number of aromatic hydroxyl groups is 3. The number of hydrogen-bond acceptors (Lipinski definition) is 4. The predicted octanol–water partition coefficient (Wildman–Crippen LogP) is 9.64. The van der Waals surface area contributed by atoms with Gasteiger partial charge in [0.15, 0.2) is 0 Å². The molecule has 45 heavy (non-hydrogen) atoms. The van der Waals surface area contributed by atoms with Gasteiger partial charge in [0, 0.05) is 25.7 Å². The van der Waals surface area contributed by atoms with Crippen LogP contribution in [0.25, 0.3) is 0 Å². The summed E-state index contributed by atoms with van der Waals surface area (Å²) in [6, 6.07) is 17.1. The highest BCUT2D eigenvalue weighted by atomic mass is 16.5. The fourth-order valence-electron chi connectivity index (χ4n) is 6.84. The summed E-state index contributed by atoms with van der Waals surface area (Å²) in [6.45, 7) is 13.1. The number of rotatable bonds is 7. The van der Waals surface area contributed by atoms with Crippen molar-refractivity contribution in [3.8, 4) is 23.0 Å². The van der Waals surface area contributed by atoms with Crippen molar-refractivity contribution < 1.29 is 20.1 Å². The molecule has 3 N–H and O–H groups in total. The molecule has 4 aromatic rings. The molecule has 0 radical (unpaired) electrons. The number of ether oxygens (including phenoxy) is 1. The van der Waals surface area contributed by atoms with Crippen molar-refractivity contribution in [2.45, 2.75) is 105 Å². The van der Waals surface area contributed by atoms with Crippen molar-refractivity contribution in [3.05, 3.63) is 115 Å². The molecule has 0 aromatic heterocycles. The number of benzene rings is 4. The minimum absolute atomic E-state index is 0.241. The second-order valence-corrected chi connectivity index (χ2v) is 13.1. The Labute approximate surface area is 269 Å². The second-order valence-electron chi connectivity index (χ2n) is 13.1. The highest BCUT2D eigenvalue weighted by Gasteiger charge is 2.23. The van der Waals surface area contributed by atoms with Crippen LogP contribution < -0.4 is 4.74 Å². The van der Waals surface area contributed by atoms with Crippen molar-refractivity contribution in [2.24, 2.45) is 0 Å². The SMILES string of the molecule is CCc1cc2c(O)c(c1)Cc1cc([C@@H](C)CC)cc(c1OC)Cc1cc(CC)cc(c1O)Cc1cc([C@@H](C)CC)cc(c1O)C2. The molecule has 0 amide bonds. The third-order valence-electron chi connectivity index (χ3n) is 10.1. The lowest BCUT2D eigenvalue weighted by atomic mass is 9.85. The van der Waals surface area contributed by atoms with Gasteiger partial charge in [0.05, 0.1) is 7.11 Å². The number of fused-ring (bicyclic) bond motifs is 8. The molecule has 0 heterocycles. The fraction of sp³-hybridized carbons (Fsp3) is 0.415. The third-order valence-corrected chi connectivity index (χ3v) is 10.1. The van der Waals surface area contributed by atoms with Crippen LogP contribution in [0.15, 0.2) is 48.5 Å². The molecule has 0 spiro atoms. The van der Waals surface area contributed by atoms with E-state index in [2.05, 4.69) is 90.1 Å². The third kappa shape index (κ3) is 6.57. The van der Waals surface area contributed by atoms with Gasteiger partial charge in [0.25, 0.3) is 0 Å². The van der Waals surface area contributed by atoms with E-state index in [1.54, 1.807) is 7.11 Å². The van der Waals surface area contributed by atoms with Crippen molar-refractivity contribution in [2.75, 3.05) is 7.11 Å². The van der Waals surface area contributed by atoms with Crippen molar-refractivity contribution in [1.29, 1.82) is 0 Å². The van der Waals surface area contributed by atoms with Crippen LogP contribution in [0, 0.1) is 0 Å². The van der Waals surface area contributed by atoms with Crippen LogP contribution in [0.1, 0.15) is 133 Å². The number of phenolic OH excluding ortho intramolecular Hbond substituents is 3. The summed E-state index contributed by atoms with van der Waals surface area (Å²) in [5.41, 5.74) is 11.7. The van der Waals surface area contributed by atoms with E-state index in [0.717, 1.165) is 92.6 Å². The van der Waals surface area contributed by atoms with E-state index in [1.807, 2.05) is 0 Å². The topological polar surface area (TPSA) is 69.9 Å². The van der Waals surface area contributed by atoms with E-state index in [9.17, 15) is 15.3 Å². The van der Waals surface area contributed by atoms with Gasteiger partial charge in [0.1, 0.15) is 23.0 Å². The van der Waals surface area contributed by atoms with Crippen LogP contribution >= 0.6 is 0 Å². The smallest absolute Gasteiger partial charge is 0.125 e. The molecule has 0 saturated carbocycles. The standard InChI is InChI=1S/C41H50O4/c1-8-24(5)28-16-34-20-30-12-26(10-3)14-32(38(30)42)22-36-18-29(25(6)9-2)19-37(41(36)45-7)23-33-15-27(11-4)13-31(39(33)43)21-35(17-28)40(34)44/h12-19,24-25,42-44H,8-11,20-23H2,1-7H3/t24-,25-/m0/s1. The molecule has 5 rings (SSSR count). The van der Waals surface area contributed by atoms with Gasteiger partial charge in [-0.2, -0.15) is 0 Å². The van der Waals surface area contributed by atoms with Gasteiger partial charge < -0.3 is 20.1 Å². The van der Waals surface area contributed by atoms with Gasteiger partial charge in [-0.1, -0.05) is 90.1 Å². The molecule has 0 unspecified atom stereocenters. The average Bonchev–Trinajstić information content (AvgIpc) is 3.04. The van der Waals surface area contributed by atoms with Crippen LogP contribution in [0.4, 0.5) is 0 Å². The minimum Gasteiger partial charge on any atom is -0.507 e. The number of methoxy groups -OCH3 is 1. The lowest BCUT2D eigenvalue weighted by Gasteiger charge is -2.22. The quantitative estimate of drug-likeness (QED) is 0.173. The minimum atomic E-state index is 0.241. The molecular weight excluding hydrogens is 556 g/mol. The van der Waals surface area contributed by atoms with Crippen LogP contribution in [0.3, 0.4) is 0 Å². The molecule has 0 saturated heterocycles. The normalized spacial score (nSPS) is 14.2. The Balaban J connectivity index is 1.83. The highest BCUT2D eigenvalue weighted by Crippen LogP contribution is 2.41. The van der Waals surface area contributed by atoms with Gasteiger partial charge in [-0.15, -0.1) is 0 Å². The number of aryl methyl sites for hydroxylation is 2. The summed E-state index contributed by atoms with van der Waals surface area (Å²) >= 11 is 0. The van der Waals surface area contributed by atoms with Crippen LogP contribution in [-0.2, 0) is 38.5 Å². The zero-order valence-electron chi connectivity index (χ0n) is 28.2. The maximum Gasteiger partial charge on any atom is 0.125 e. The van der Waals surface area contributed by atoms with Gasteiger partial charge in [-0.05, 0) is 104 Å². The molecule has 4 nitrogen and oxygen atoms in total. The predicted molar refractivity (Wildman–Crippen MR) is 185 cm³/mol. The van der Waals surface area contributed by atoms with E-state index in [1.165, 1.54) is 5.56 Å². The van der Waals surface area contributed by atoms with Crippen LogP contribution in [0.5, 0.6) is 23.0 Å². The Morgan fingerprint density at radius 1 is 0.511 bits per heavy atom. The fourth-order valence-corrected chi connectivity index (χ4v) is 6.84. The number of phenols is 3. The molecule has 2 atom stereocenters. The summed E-state index contributed by atoms with van der Waals surface area (Å²) in [4.78, 5) is 0. The molecule has 4 heteroatoms. The Bertz CT molecular complexity index is 1590. The molecular formula is C41H50O4. The zero-order chi connectivity index (χ0) is 32.4. The maximum atomic E-state index is 11.8. The van der Waals surface area contributed by atoms with Crippen molar-refractivity contribution in [3.63, 3.8) is 0 Å². The molecule has 8 bridgehead atoms. The van der Waals surface area contributed by atoms with Crippen molar-refractivity contribution >= 4 is 0 Å². The summed E-state index contributed by atoms with van der Waals surface area (Å²) in [5.74, 6) is 2.27. The lowest BCUT2D eigenvalue weighted by molar-refractivity contribution is 0.404. The van der Waals surface area contributed by atoms with Crippen molar-refractivity contribution in [1.82, 2.24) is 0 Å². The van der Waals surface area contributed by atoms with Gasteiger partial charge in [-0.25, -0.2) is 0 Å². The first-order valence-electron chi connectivity index (χ1n) is 16.8. The van der Waals surface area contributed by atoms with E-state index >= 15 is 0 Å². The van der Waals surface area contributed by atoms with Gasteiger partial charge >= 0.3 is 0 Å². The lowest BCUT2D eigenvalue weighted by Crippen LogP contribution is -2.06. The summed E-state index contributed by atoms with van der Waals surface area (Å²) in [6.07, 6.45) is 5.53. The molecule has 1 aliphatic carbocycles. The van der Waals surface area contributed by atoms with E-state index in [4.69, 9.17) is 4.74 Å². The Morgan fingerprint density at radius 3 is 1.09 bits per heavy atom. The van der Waals surface area contributed by atoms with E-state index < -0.39 is 0 Å². The van der Waals surface area contributed by atoms with Crippen LogP contribution in [0.2, 0.25) is 0 Å². The monoisotopic (exact) mass is 606 g/mol. The Kier molecular flexibility index (Phi) is 9.82. The molecule has 238 valence electrons.